The van der Waals surface area contributed by atoms with Crippen LogP contribution in [0.2, 0.25) is 0 Å². The topological polar surface area (TPSA) is 26.7 Å². The predicted molar refractivity (Wildman–Crippen MR) is 76.7 cm³/mol. The quantitative estimate of drug-likeness (QED) is 0.764. The van der Waals surface area contributed by atoms with Gasteiger partial charge in [-0.3, -0.25) is 0 Å². The van der Waals surface area contributed by atoms with Crippen molar-refractivity contribution in [2.75, 3.05) is 40.3 Å². The van der Waals surface area contributed by atoms with Crippen LogP contribution in [-0.2, 0) is 0 Å². The Hall–Kier alpha value is -0.900. The largest absolute Gasteiger partial charge is 0.387 e. The molecule has 0 radical (unpaired) electrons. The van der Waals surface area contributed by atoms with Crippen LogP contribution in [0, 0.1) is 0 Å². The summed E-state index contributed by atoms with van der Waals surface area (Å²) in [7, 11) is 4.18. The molecule has 0 saturated carbocycles. The maximum Gasteiger partial charge on any atom is 0.0916 e. The lowest BCUT2D eigenvalue weighted by atomic mass is 10.1. The first-order chi connectivity index (χ1) is 8.63. The van der Waals surface area contributed by atoms with Crippen molar-refractivity contribution in [1.82, 2.24) is 9.80 Å². The molecule has 1 atom stereocenters. The van der Waals surface area contributed by atoms with Crippen LogP contribution >= 0.6 is 0 Å². The van der Waals surface area contributed by atoms with E-state index in [2.05, 4.69) is 30.8 Å². The molecule has 1 N–H and O–H groups in total. The summed E-state index contributed by atoms with van der Waals surface area (Å²) in [5.41, 5.74) is 1.00. The second kappa shape index (κ2) is 8.25. The van der Waals surface area contributed by atoms with E-state index in [0.29, 0.717) is 6.54 Å². The van der Waals surface area contributed by atoms with Gasteiger partial charge in [0.1, 0.15) is 0 Å². The Balaban J connectivity index is 2.38. The summed E-state index contributed by atoms with van der Waals surface area (Å²) < 4.78 is 0. The standard InChI is InChI=1S/C15H26N2O/c1-4-17(12-8-11-16(2)3)13-15(18)14-9-6-5-7-10-14/h5-7,9-10,15,18H,4,8,11-13H2,1-3H3. The van der Waals surface area contributed by atoms with Gasteiger partial charge in [0, 0.05) is 6.54 Å². The summed E-state index contributed by atoms with van der Waals surface area (Å²) in [6.45, 7) is 5.98. The van der Waals surface area contributed by atoms with Gasteiger partial charge in [0.15, 0.2) is 0 Å². The number of aliphatic hydroxyl groups excluding tert-OH is 1. The van der Waals surface area contributed by atoms with E-state index < -0.39 is 0 Å². The van der Waals surface area contributed by atoms with E-state index in [-0.39, 0.29) is 6.10 Å². The van der Waals surface area contributed by atoms with Gasteiger partial charge in [-0.1, -0.05) is 37.3 Å². The van der Waals surface area contributed by atoms with Gasteiger partial charge in [0.25, 0.3) is 0 Å². The first-order valence-corrected chi connectivity index (χ1v) is 6.73. The van der Waals surface area contributed by atoms with Gasteiger partial charge in [0.2, 0.25) is 0 Å². The summed E-state index contributed by atoms with van der Waals surface area (Å²) in [6.07, 6.45) is 0.757. The summed E-state index contributed by atoms with van der Waals surface area (Å²) in [6, 6.07) is 9.89. The Kier molecular flexibility index (Phi) is 6.94. The van der Waals surface area contributed by atoms with Crippen LogP contribution in [0.3, 0.4) is 0 Å². The third-order valence-corrected chi connectivity index (χ3v) is 3.14. The monoisotopic (exact) mass is 250 g/mol. The third kappa shape index (κ3) is 5.63. The molecule has 0 heterocycles. The zero-order valence-corrected chi connectivity index (χ0v) is 11.8. The second-order valence-corrected chi connectivity index (χ2v) is 4.98. The van der Waals surface area contributed by atoms with Crippen molar-refractivity contribution in [2.24, 2.45) is 0 Å². The average Bonchev–Trinajstić information content (AvgIpc) is 2.38. The molecule has 0 spiro atoms. The Labute approximate surface area is 111 Å². The van der Waals surface area contributed by atoms with Gasteiger partial charge >= 0.3 is 0 Å². The number of likely N-dealkylation sites (N-methyl/N-ethyl adjacent to an activating group) is 1. The van der Waals surface area contributed by atoms with E-state index in [9.17, 15) is 5.11 Å². The number of aliphatic hydroxyl groups is 1. The van der Waals surface area contributed by atoms with Crippen molar-refractivity contribution in [3.8, 4) is 0 Å². The van der Waals surface area contributed by atoms with Crippen LogP contribution in [0.4, 0.5) is 0 Å². The molecule has 1 rings (SSSR count). The third-order valence-electron chi connectivity index (χ3n) is 3.14. The number of hydrogen-bond acceptors (Lipinski definition) is 3. The van der Waals surface area contributed by atoms with Gasteiger partial charge in [-0.25, -0.2) is 0 Å². The molecule has 1 aromatic rings. The van der Waals surface area contributed by atoms with Crippen LogP contribution < -0.4 is 0 Å². The van der Waals surface area contributed by atoms with Crippen molar-refractivity contribution in [2.45, 2.75) is 19.4 Å². The first-order valence-electron chi connectivity index (χ1n) is 6.73. The molecule has 0 fully saturated rings. The molecule has 1 aromatic carbocycles. The highest BCUT2D eigenvalue weighted by Gasteiger charge is 2.11. The van der Waals surface area contributed by atoms with E-state index in [0.717, 1.165) is 31.6 Å². The zero-order valence-electron chi connectivity index (χ0n) is 11.8. The maximum atomic E-state index is 10.2. The van der Waals surface area contributed by atoms with Gasteiger partial charge in [-0.05, 0) is 45.7 Å². The summed E-state index contributed by atoms with van der Waals surface area (Å²) in [4.78, 5) is 4.50. The van der Waals surface area contributed by atoms with Crippen LogP contribution in [0.5, 0.6) is 0 Å². The van der Waals surface area contributed by atoms with Gasteiger partial charge in [-0.2, -0.15) is 0 Å². The molecule has 102 valence electrons. The molecule has 3 heteroatoms. The minimum atomic E-state index is -0.384. The Morgan fingerprint density at radius 1 is 1.11 bits per heavy atom. The fraction of sp³-hybridized carbons (Fsp3) is 0.600. The van der Waals surface area contributed by atoms with Crippen LogP contribution in [-0.4, -0.2) is 55.2 Å². The van der Waals surface area contributed by atoms with Crippen LogP contribution in [0.1, 0.15) is 25.0 Å². The lowest BCUT2D eigenvalue weighted by molar-refractivity contribution is 0.114. The highest BCUT2D eigenvalue weighted by atomic mass is 16.3. The molecule has 0 aromatic heterocycles. The summed E-state index contributed by atoms with van der Waals surface area (Å²) >= 11 is 0. The van der Waals surface area contributed by atoms with E-state index >= 15 is 0 Å². The van der Waals surface area contributed by atoms with E-state index in [1.54, 1.807) is 0 Å². The molecule has 0 aliphatic heterocycles. The van der Waals surface area contributed by atoms with Crippen molar-refractivity contribution in [3.05, 3.63) is 35.9 Å². The number of hydrogen-bond donors (Lipinski definition) is 1. The minimum Gasteiger partial charge on any atom is -0.387 e. The second-order valence-electron chi connectivity index (χ2n) is 4.98. The molecule has 0 bridgehead atoms. The van der Waals surface area contributed by atoms with Crippen LogP contribution in [0.25, 0.3) is 0 Å². The highest BCUT2D eigenvalue weighted by molar-refractivity contribution is 5.17. The Bertz CT molecular complexity index is 314. The summed E-state index contributed by atoms with van der Waals surface area (Å²) in [5, 5.41) is 10.2. The lowest BCUT2D eigenvalue weighted by Gasteiger charge is -2.24. The van der Waals surface area contributed by atoms with Crippen molar-refractivity contribution >= 4 is 0 Å². The smallest absolute Gasteiger partial charge is 0.0916 e. The van der Waals surface area contributed by atoms with Gasteiger partial charge in [-0.15, -0.1) is 0 Å². The number of benzene rings is 1. The molecule has 3 nitrogen and oxygen atoms in total. The molecule has 0 saturated heterocycles. The molecule has 0 aliphatic carbocycles. The fourth-order valence-electron chi connectivity index (χ4n) is 2.01. The van der Waals surface area contributed by atoms with Gasteiger partial charge in [0.05, 0.1) is 6.10 Å². The average molecular weight is 250 g/mol. The molecular formula is C15H26N2O. The molecule has 0 amide bonds. The van der Waals surface area contributed by atoms with Crippen molar-refractivity contribution in [1.29, 1.82) is 0 Å². The molecule has 0 aliphatic rings. The van der Waals surface area contributed by atoms with E-state index in [1.807, 2.05) is 30.3 Å². The van der Waals surface area contributed by atoms with Gasteiger partial charge < -0.3 is 14.9 Å². The summed E-state index contributed by atoms with van der Waals surface area (Å²) in [5.74, 6) is 0. The maximum absolute atomic E-state index is 10.2. The Morgan fingerprint density at radius 2 is 1.78 bits per heavy atom. The zero-order chi connectivity index (χ0) is 13.4. The van der Waals surface area contributed by atoms with Crippen LogP contribution in [0.15, 0.2) is 30.3 Å². The predicted octanol–water partition coefficient (Wildman–Crippen LogP) is 1.99. The minimum absolute atomic E-state index is 0.384. The highest BCUT2D eigenvalue weighted by Crippen LogP contribution is 2.13. The molecular weight excluding hydrogens is 224 g/mol. The fourth-order valence-corrected chi connectivity index (χ4v) is 2.01. The van der Waals surface area contributed by atoms with E-state index in [4.69, 9.17) is 0 Å². The normalized spacial score (nSPS) is 13.2. The number of rotatable bonds is 8. The SMILES string of the molecule is CCN(CCCN(C)C)CC(O)c1ccccc1. The van der Waals surface area contributed by atoms with E-state index in [1.165, 1.54) is 0 Å². The lowest BCUT2D eigenvalue weighted by Crippen LogP contribution is -2.31. The molecule has 18 heavy (non-hydrogen) atoms. The molecule has 1 unspecified atom stereocenters. The Morgan fingerprint density at radius 3 is 2.33 bits per heavy atom. The van der Waals surface area contributed by atoms with Crippen molar-refractivity contribution < 1.29 is 5.11 Å². The first kappa shape index (κ1) is 15.2. The number of nitrogens with zero attached hydrogens (tertiary/aromatic N) is 2. The van der Waals surface area contributed by atoms with Crippen molar-refractivity contribution in [3.63, 3.8) is 0 Å².